The van der Waals surface area contributed by atoms with Crippen LogP contribution in [0.15, 0.2) is 51.8 Å². The predicted octanol–water partition coefficient (Wildman–Crippen LogP) is 2.97. The van der Waals surface area contributed by atoms with Crippen molar-refractivity contribution in [1.82, 2.24) is 4.90 Å². The van der Waals surface area contributed by atoms with Crippen LogP contribution in [-0.2, 0) is 27.7 Å². The van der Waals surface area contributed by atoms with Crippen LogP contribution in [0.2, 0.25) is 0 Å². The smallest absolute Gasteiger partial charge is 0.285 e. The lowest BCUT2D eigenvalue weighted by atomic mass is 9.96. The number of benzene rings is 2. The molecule has 7 heteroatoms. The van der Waals surface area contributed by atoms with Gasteiger partial charge in [0.05, 0.1) is 5.92 Å². The van der Waals surface area contributed by atoms with E-state index in [2.05, 4.69) is 21.8 Å². The molecule has 2 aromatic carbocycles. The van der Waals surface area contributed by atoms with Gasteiger partial charge in [-0.1, -0.05) is 18.2 Å². The van der Waals surface area contributed by atoms with Crippen molar-refractivity contribution in [3.05, 3.63) is 59.2 Å². The monoisotopic (exact) mass is 409 g/mol. The largest absolute Gasteiger partial charge is 0.355 e. The van der Waals surface area contributed by atoms with Gasteiger partial charge in [0.1, 0.15) is 4.90 Å². The number of piperidine rings is 1. The molecule has 2 aliphatic heterocycles. The number of amidine groups is 1. The number of aryl methyl sites for hydroxylation is 2. The van der Waals surface area contributed by atoms with E-state index in [1.165, 1.54) is 17.5 Å². The van der Waals surface area contributed by atoms with Crippen LogP contribution in [0.25, 0.3) is 0 Å². The highest BCUT2D eigenvalue weighted by Gasteiger charge is 2.35. The Hall–Kier alpha value is -2.67. The summed E-state index contributed by atoms with van der Waals surface area (Å²) in [7, 11) is -3.65. The van der Waals surface area contributed by atoms with Crippen LogP contribution in [0.1, 0.15) is 36.0 Å². The van der Waals surface area contributed by atoms with Crippen molar-refractivity contribution in [3.63, 3.8) is 0 Å². The number of carbonyl (C=O) groups excluding carboxylic acids is 1. The Morgan fingerprint density at radius 3 is 2.79 bits per heavy atom. The van der Waals surface area contributed by atoms with Crippen LogP contribution >= 0.6 is 0 Å². The number of hydrogen-bond acceptors (Lipinski definition) is 4. The average Bonchev–Trinajstić information content (AvgIpc) is 3.30. The molecule has 0 spiro atoms. The van der Waals surface area contributed by atoms with E-state index in [0.29, 0.717) is 24.5 Å². The van der Waals surface area contributed by atoms with Gasteiger partial charge in [-0.2, -0.15) is 8.42 Å². The Bertz CT molecular complexity index is 1120. The lowest BCUT2D eigenvalue weighted by Gasteiger charge is -2.33. The van der Waals surface area contributed by atoms with Crippen LogP contribution in [0.5, 0.6) is 0 Å². The van der Waals surface area contributed by atoms with Gasteiger partial charge in [0.2, 0.25) is 5.91 Å². The summed E-state index contributed by atoms with van der Waals surface area (Å²) in [5.41, 5.74) is 4.19. The third-order valence-electron chi connectivity index (χ3n) is 6.07. The second-order valence-electron chi connectivity index (χ2n) is 8.00. The Morgan fingerprint density at radius 2 is 1.90 bits per heavy atom. The number of hydrogen-bond donors (Lipinski definition) is 1. The first kappa shape index (κ1) is 18.4. The van der Waals surface area contributed by atoms with Gasteiger partial charge in [-0.25, -0.2) is 0 Å². The summed E-state index contributed by atoms with van der Waals surface area (Å²) in [6.07, 6.45) is 4.98. The number of nitrogens with zero attached hydrogens (tertiary/aromatic N) is 2. The normalized spacial score (nSPS) is 22.0. The van der Waals surface area contributed by atoms with Crippen LogP contribution in [0, 0.1) is 5.92 Å². The van der Waals surface area contributed by atoms with Gasteiger partial charge in [0.15, 0.2) is 5.84 Å². The average molecular weight is 410 g/mol. The Kier molecular flexibility index (Phi) is 4.42. The molecule has 29 heavy (non-hydrogen) atoms. The van der Waals surface area contributed by atoms with Crippen molar-refractivity contribution in [2.24, 2.45) is 10.3 Å². The van der Waals surface area contributed by atoms with Crippen molar-refractivity contribution < 1.29 is 13.2 Å². The zero-order valence-electron chi connectivity index (χ0n) is 16.1. The summed E-state index contributed by atoms with van der Waals surface area (Å²) < 4.78 is 28.7. The van der Waals surface area contributed by atoms with E-state index in [1.54, 1.807) is 18.2 Å². The van der Waals surface area contributed by atoms with E-state index >= 15 is 0 Å². The lowest BCUT2D eigenvalue weighted by molar-refractivity contribution is -0.121. The number of sulfonamides is 1. The van der Waals surface area contributed by atoms with E-state index in [4.69, 9.17) is 0 Å². The van der Waals surface area contributed by atoms with E-state index < -0.39 is 10.0 Å². The Morgan fingerprint density at radius 1 is 1.07 bits per heavy atom. The highest BCUT2D eigenvalue weighted by Crippen LogP contribution is 2.30. The molecule has 5 rings (SSSR count). The van der Waals surface area contributed by atoms with Crippen molar-refractivity contribution in [1.29, 1.82) is 0 Å². The number of likely N-dealkylation sites (tertiary alicyclic amines) is 1. The molecule has 1 aliphatic carbocycles. The first-order chi connectivity index (χ1) is 14.0. The molecule has 1 N–H and O–H groups in total. The lowest BCUT2D eigenvalue weighted by Crippen LogP contribution is -2.43. The molecule has 6 nitrogen and oxygen atoms in total. The fourth-order valence-electron chi connectivity index (χ4n) is 4.59. The summed E-state index contributed by atoms with van der Waals surface area (Å²) in [6, 6.07) is 13.1. The maximum Gasteiger partial charge on any atom is 0.285 e. The van der Waals surface area contributed by atoms with Gasteiger partial charge in [-0.05, 0) is 67.5 Å². The third kappa shape index (κ3) is 3.33. The first-order valence-electron chi connectivity index (χ1n) is 10.1. The van der Waals surface area contributed by atoms with E-state index in [9.17, 15) is 13.2 Å². The molecule has 2 aromatic rings. The van der Waals surface area contributed by atoms with Crippen molar-refractivity contribution in [3.8, 4) is 0 Å². The van der Waals surface area contributed by atoms with Crippen LogP contribution in [0.3, 0.4) is 0 Å². The van der Waals surface area contributed by atoms with Gasteiger partial charge in [-0.3, -0.25) is 4.79 Å². The molecule has 1 atom stereocenters. The molecular formula is C22H23N3O3S. The predicted molar refractivity (Wildman–Crippen MR) is 112 cm³/mol. The molecule has 0 radical (unpaired) electrons. The van der Waals surface area contributed by atoms with Crippen LogP contribution in [0.4, 0.5) is 5.69 Å². The summed E-state index contributed by atoms with van der Waals surface area (Å²) in [4.78, 5) is 15.1. The maximum absolute atomic E-state index is 12.9. The number of amides is 1. The summed E-state index contributed by atoms with van der Waals surface area (Å²) in [5.74, 6) is 0.258. The second-order valence-corrected chi connectivity index (χ2v) is 9.57. The first-order valence-corrected chi connectivity index (χ1v) is 11.6. The van der Waals surface area contributed by atoms with Crippen molar-refractivity contribution in [2.75, 3.05) is 18.4 Å². The highest BCUT2D eigenvalue weighted by atomic mass is 32.2. The molecule has 0 aromatic heterocycles. The molecule has 1 fully saturated rings. The second kappa shape index (κ2) is 6.99. The summed E-state index contributed by atoms with van der Waals surface area (Å²) in [6.45, 7) is 1.17. The minimum absolute atomic E-state index is 0.0117. The SMILES string of the molecule is O=C(Nc1ccc2c(c1)CCC2)[C@@H]1CCCN(C2=NS(=O)(=O)c3ccccc32)C1. The topological polar surface area (TPSA) is 78.8 Å². The van der Waals surface area contributed by atoms with Crippen LogP contribution in [-0.4, -0.2) is 38.2 Å². The molecule has 3 aliphatic rings. The van der Waals surface area contributed by atoms with Gasteiger partial charge in [0.25, 0.3) is 10.0 Å². The number of rotatable bonds is 2. The molecule has 2 heterocycles. The summed E-state index contributed by atoms with van der Waals surface area (Å²) in [5, 5.41) is 3.06. The van der Waals surface area contributed by atoms with Crippen molar-refractivity contribution >= 4 is 27.5 Å². The quantitative estimate of drug-likeness (QED) is 0.827. The minimum Gasteiger partial charge on any atom is -0.355 e. The molecule has 0 unspecified atom stereocenters. The van der Waals surface area contributed by atoms with Gasteiger partial charge in [-0.15, -0.1) is 4.40 Å². The standard InChI is InChI=1S/C22H23N3O3S/c26-22(23-18-11-10-15-5-3-6-16(15)13-18)17-7-4-12-25(14-17)21-19-8-1-2-9-20(19)29(27,28)24-21/h1-2,8-11,13,17H,3-7,12,14H2,(H,23,26)/t17-/m1/s1. The zero-order valence-corrected chi connectivity index (χ0v) is 16.9. The number of carbonyl (C=O) groups is 1. The van der Waals surface area contributed by atoms with E-state index in [0.717, 1.165) is 31.4 Å². The van der Waals surface area contributed by atoms with Crippen LogP contribution < -0.4 is 5.32 Å². The summed E-state index contributed by atoms with van der Waals surface area (Å²) >= 11 is 0. The van der Waals surface area contributed by atoms with Crippen molar-refractivity contribution in [2.45, 2.75) is 37.0 Å². The van der Waals surface area contributed by atoms with E-state index in [-0.39, 0.29) is 16.7 Å². The fourth-order valence-corrected chi connectivity index (χ4v) is 5.82. The number of anilines is 1. The molecule has 1 amide bonds. The highest BCUT2D eigenvalue weighted by molar-refractivity contribution is 7.90. The zero-order chi connectivity index (χ0) is 20.0. The molecule has 0 saturated carbocycles. The molecular weight excluding hydrogens is 386 g/mol. The number of fused-ring (bicyclic) bond motifs is 2. The van der Waals surface area contributed by atoms with Gasteiger partial charge in [0, 0.05) is 24.3 Å². The van der Waals surface area contributed by atoms with E-state index in [1.807, 2.05) is 17.0 Å². The van der Waals surface area contributed by atoms with Gasteiger partial charge < -0.3 is 10.2 Å². The Balaban J connectivity index is 1.33. The van der Waals surface area contributed by atoms with Gasteiger partial charge >= 0.3 is 0 Å². The Labute approximate surface area is 170 Å². The third-order valence-corrected chi connectivity index (χ3v) is 7.40. The molecule has 150 valence electrons. The number of nitrogens with one attached hydrogen (secondary N) is 1. The maximum atomic E-state index is 12.9. The molecule has 0 bridgehead atoms. The fraction of sp³-hybridized carbons (Fsp3) is 0.364. The minimum atomic E-state index is -3.65. The molecule has 1 saturated heterocycles.